The maximum atomic E-state index is 12.9. The SMILES string of the molecule is CC.CCN(CCNC(=O)CCSc1ccc2cc(Cl)ccc2c1)C(=O)C1=CN(C)CC(=NC)S1. The molecule has 0 spiro atoms. The van der Waals surface area contributed by atoms with Crippen LogP contribution in [0.3, 0.4) is 0 Å². The number of carbonyl (C=O) groups excluding carboxylic acids is 2. The number of thioether (sulfide) groups is 2. The van der Waals surface area contributed by atoms with Crippen molar-refractivity contribution in [3.8, 4) is 0 Å². The molecule has 0 saturated carbocycles. The van der Waals surface area contributed by atoms with Gasteiger partial charge in [0.2, 0.25) is 5.91 Å². The first kappa shape index (κ1) is 29.1. The van der Waals surface area contributed by atoms with E-state index in [9.17, 15) is 9.59 Å². The van der Waals surface area contributed by atoms with Crippen LogP contribution in [0.25, 0.3) is 10.8 Å². The number of aliphatic imine (C=N–C) groups is 1. The number of rotatable bonds is 9. The highest BCUT2D eigenvalue weighted by Gasteiger charge is 2.23. The number of hydrogen-bond acceptors (Lipinski definition) is 6. The summed E-state index contributed by atoms with van der Waals surface area (Å²) in [6.07, 6.45) is 2.28. The van der Waals surface area contributed by atoms with Crippen LogP contribution in [-0.4, -0.2) is 72.7 Å². The molecule has 0 saturated heterocycles. The second kappa shape index (κ2) is 15.1. The summed E-state index contributed by atoms with van der Waals surface area (Å²) in [5.74, 6) is 0.652. The van der Waals surface area contributed by atoms with Crippen molar-refractivity contribution in [2.45, 2.75) is 32.1 Å². The molecule has 3 rings (SSSR count). The van der Waals surface area contributed by atoms with E-state index in [-0.39, 0.29) is 11.8 Å². The zero-order valence-electron chi connectivity index (χ0n) is 21.1. The largest absolute Gasteiger partial charge is 0.373 e. The molecular weight excluding hydrogens is 500 g/mol. The van der Waals surface area contributed by atoms with E-state index < -0.39 is 0 Å². The topological polar surface area (TPSA) is 65.0 Å². The van der Waals surface area contributed by atoms with Gasteiger partial charge in [-0.2, -0.15) is 0 Å². The Morgan fingerprint density at radius 3 is 2.63 bits per heavy atom. The lowest BCUT2D eigenvalue weighted by Gasteiger charge is -2.27. The quantitative estimate of drug-likeness (QED) is 0.429. The summed E-state index contributed by atoms with van der Waals surface area (Å²) in [5, 5.41) is 6.81. The van der Waals surface area contributed by atoms with Gasteiger partial charge in [-0.05, 0) is 42.0 Å². The Morgan fingerprint density at radius 1 is 1.20 bits per heavy atom. The fraction of sp³-hybridized carbons (Fsp3) is 0.423. The van der Waals surface area contributed by atoms with Crippen molar-refractivity contribution in [2.24, 2.45) is 4.99 Å². The van der Waals surface area contributed by atoms with Gasteiger partial charge in [-0.25, -0.2) is 0 Å². The van der Waals surface area contributed by atoms with Crippen LogP contribution in [0.4, 0.5) is 0 Å². The highest BCUT2D eigenvalue weighted by molar-refractivity contribution is 8.18. The summed E-state index contributed by atoms with van der Waals surface area (Å²) in [7, 11) is 3.67. The summed E-state index contributed by atoms with van der Waals surface area (Å²) in [6.45, 7) is 8.15. The van der Waals surface area contributed by atoms with Gasteiger partial charge in [-0.15, -0.1) is 11.8 Å². The van der Waals surface area contributed by atoms with Crippen LogP contribution >= 0.6 is 35.1 Å². The van der Waals surface area contributed by atoms with Crippen LogP contribution in [0.1, 0.15) is 27.2 Å². The zero-order valence-corrected chi connectivity index (χ0v) is 23.5. The first-order chi connectivity index (χ1) is 16.9. The molecule has 35 heavy (non-hydrogen) atoms. The number of nitrogens with zero attached hydrogens (tertiary/aromatic N) is 3. The smallest absolute Gasteiger partial charge is 0.262 e. The Hall–Kier alpha value is -2.16. The van der Waals surface area contributed by atoms with Gasteiger partial charge < -0.3 is 15.1 Å². The Balaban J connectivity index is 0.00000210. The highest BCUT2D eigenvalue weighted by Crippen LogP contribution is 2.27. The van der Waals surface area contributed by atoms with Crippen molar-refractivity contribution >= 4 is 62.8 Å². The average molecular weight is 535 g/mol. The lowest BCUT2D eigenvalue weighted by Crippen LogP contribution is -2.40. The monoisotopic (exact) mass is 534 g/mol. The predicted octanol–water partition coefficient (Wildman–Crippen LogP) is 5.51. The summed E-state index contributed by atoms with van der Waals surface area (Å²) >= 11 is 9.11. The first-order valence-corrected chi connectivity index (χ1v) is 14.0. The molecule has 0 radical (unpaired) electrons. The van der Waals surface area contributed by atoms with E-state index in [2.05, 4.69) is 22.4 Å². The lowest BCUT2D eigenvalue weighted by atomic mass is 10.1. The standard InChI is InChI=1S/C24H29ClN4O2S2.C2H6/c1-4-29(24(31)21-15-28(3)16-23(26-2)33-21)11-10-27-22(30)9-12-32-20-8-6-17-13-19(25)7-5-18(17)14-20;1-2/h5-8,13-15H,4,9-12,16H2,1-3H3,(H,27,30);1-2H3. The normalized spacial score (nSPS) is 14.3. The molecule has 1 aliphatic rings. The zero-order chi connectivity index (χ0) is 25.8. The fourth-order valence-electron chi connectivity index (χ4n) is 3.38. The summed E-state index contributed by atoms with van der Waals surface area (Å²) in [5.41, 5.74) is 0. The highest BCUT2D eigenvalue weighted by atomic mass is 35.5. The number of fused-ring (bicyclic) bond motifs is 1. The molecule has 2 amide bonds. The molecule has 190 valence electrons. The van der Waals surface area contributed by atoms with E-state index in [0.29, 0.717) is 43.3 Å². The Morgan fingerprint density at radius 2 is 1.91 bits per heavy atom. The van der Waals surface area contributed by atoms with Crippen molar-refractivity contribution in [3.63, 3.8) is 0 Å². The van der Waals surface area contributed by atoms with Crippen LogP contribution < -0.4 is 5.32 Å². The second-order valence-corrected chi connectivity index (χ2v) is 10.3. The van der Waals surface area contributed by atoms with Gasteiger partial charge in [-0.1, -0.05) is 49.3 Å². The average Bonchev–Trinajstić information content (AvgIpc) is 2.87. The molecule has 1 heterocycles. The maximum Gasteiger partial charge on any atom is 0.262 e. The molecule has 0 atom stereocenters. The molecule has 0 bridgehead atoms. The Labute approximate surface area is 222 Å². The van der Waals surface area contributed by atoms with Gasteiger partial charge in [0, 0.05) is 62.0 Å². The third-order valence-corrected chi connectivity index (χ3v) is 7.43. The van der Waals surface area contributed by atoms with Crippen molar-refractivity contribution in [2.75, 3.05) is 46.0 Å². The molecule has 0 unspecified atom stereocenters. The Kier molecular flexibility index (Phi) is 12.5. The first-order valence-electron chi connectivity index (χ1n) is 11.8. The van der Waals surface area contributed by atoms with Gasteiger partial charge >= 0.3 is 0 Å². The molecule has 0 aliphatic carbocycles. The maximum absolute atomic E-state index is 12.9. The minimum Gasteiger partial charge on any atom is -0.373 e. The minimum absolute atomic E-state index is 0.00929. The van der Waals surface area contributed by atoms with Crippen molar-refractivity contribution < 1.29 is 9.59 Å². The lowest BCUT2D eigenvalue weighted by molar-refractivity contribution is -0.127. The predicted molar refractivity (Wildman–Crippen MR) is 153 cm³/mol. The number of likely N-dealkylation sites (N-methyl/N-ethyl adjacent to an activating group) is 1. The van der Waals surface area contributed by atoms with Crippen LogP contribution in [0.5, 0.6) is 0 Å². The molecule has 0 fully saturated rings. The number of nitrogens with one attached hydrogen (secondary N) is 1. The molecule has 1 N–H and O–H groups in total. The van der Waals surface area contributed by atoms with E-state index >= 15 is 0 Å². The van der Waals surface area contributed by atoms with Gasteiger partial charge in [0.25, 0.3) is 5.91 Å². The fourth-order valence-corrected chi connectivity index (χ4v) is 5.52. The molecule has 1 aliphatic heterocycles. The van der Waals surface area contributed by atoms with Crippen LogP contribution in [0.15, 0.2) is 57.4 Å². The molecule has 0 aromatic heterocycles. The van der Waals surface area contributed by atoms with Crippen molar-refractivity contribution in [1.82, 2.24) is 15.1 Å². The minimum atomic E-state index is -0.0300. The number of amides is 2. The van der Waals surface area contributed by atoms with E-state index in [1.165, 1.54) is 11.8 Å². The van der Waals surface area contributed by atoms with Gasteiger partial charge in [0.05, 0.1) is 16.5 Å². The Bertz CT molecular complexity index is 1070. The molecule has 2 aromatic carbocycles. The van der Waals surface area contributed by atoms with Crippen LogP contribution in [0.2, 0.25) is 5.02 Å². The van der Waals surface area contributed by atoms with E-state index in [4.69, 9.17) is 11.6 Å². The molecule has 6 nitrogen and oxygen atoms in total. The third kappa shape index (κ3) is 9.09. The van der Waals surface area contributed by atoms with Crippen molar-refractivity contribution in [1.29, 1.82) is 0 Å². The van der Waals surface area contributed by atoms with Crippen LogP contribution in [-0.2, 0) is 9.59 Å². The number of benzene rings is 2. The third-order valence-electron chi connectivity index (χ3n) is 5.15. The van der Waals surface area contributed by atoms with Gasteiger partial charge in [-0.3, -0.25) is 14.6 Å². The van der Waals surface area contributed by atoms with E-state index in [1.54, 1.807) is 23.7 Å². The van der Waals surface area contributed by atoms with E-state index in [0.717, 1.165) is 25.7 Å². The van der Waals surface area contributed by atoms with Gasteiger partial charge in [0.15, 0.2) is 0 Å². The van der Waals surface area contributed by atoms with Gasteiger partial charge in [0.1, 0.15) is 0 Å². The summed E-state index contributed by atoms with van der Waals surface area (Å²) < 4.78 is 0. The summed E-state index contributed by atoms with van der Waals surface area (Å²) in [4.78, 5) is 34.9. The van der Waals surface area contributed by atoms with E-state index in [1.807, 2.05) is 63.2 Å². The molecular formula is C26H35ClN4O2S2. The second-order valence-electron chi connectivity index (χ2n) is 7.61. The number of halogens is 1. The summed E-state index contributed by atoms with van der Waals surface area (Å²) in [6, 6.07) is 12.0. The number of hydrogen-bond donors (Lipinski definition) is 1. The number of carbonyl (C=O) groups is 2. The molecule has 2 aromatic rings. The van der Waals surface area contributed by atoms with Crippen molar-refractivity contribution in [3.05, 3.63) is 52.5 Å². The van der Waals surface area contributed by atoms with Crippen LogP contribution in [0, 0.1) is 0 Å². The molecule has 9 heteroatoms.